The fraction of sp³-hybridized carbons (Fsp3) is 0.632. The Morgan fingerprint density at radius 1 is 1.12 bits per heavy atom. The second-order valence-electron chi connectivity index (χ2n) is 7.11. The minimum absolute atomic E-state index is 0.211. The van der Waals surface area contributed by atoms with Crippen molar-refractivity contribution in [3.8, 4) is 0 Å². The van der Waals surface area contributed by atoms with Crippen molar-refractivity contribution in [1.82, 2.24) is 10.6 Å². The molecule has 3 N–H and O–H groups in total. The van der Waals surface area contributed by atoms with Crippen LogP contribution in [-0.2, 0) is 11.3 Å². The minimum atomic E-state index is -0.335. The molecule has 2 atom stereocenters. The van der Waals surface area contributed by atoms with Gasteiger partial charge in [-0.1, -0.05) is 36.8 Å². The number of aliphatic hydroxyl groups excluding tert-OH is 1. The van der Waals surface area contributed by atoms with Crippen LogP contribution >= 0.6 is 0 Å². The third-order valence-corrected chi connectivity index (χ3v) is 5.39. The van der Waals surface area contributed by atoms with E-state index in [1.807, 2.05) is 30.3 Å². The first-order valence-electron chi connectivity index (χ1n) is 9.06. The number of rotatable bonds is 7. The van der Waals surface area contributed by atoms with Gasteiger partial charge >= 0.3 is 6.09 Å². The fourth-order valence-electron chi connectivity index (χ4n) is 3.77. The van der Waals surface area contributed by atoms with Crippen molar-refractivity contribution in [3.63, 3.8) is 0 Å². The van der Waals surface area contributed by atoms with E-state index in [9.17, 15) is 9.90 Å². The molecule has 0 spiro atoms. The largest absolute Gasteiger partial charge is 0.445 e. The summed E-state index contributed by atoms with van der Waals surface area (Å²) in [6, 6.07) is 10.4. The van der Waals surface area contributed by atoms with E-state index in [0.29, 0.717) is 31.1 Å². The highest BCUT2D eigenvalue weighted by molar-refractivity contribution is 5.67. The van der Waals surface area contributed by atoms with Gasteiger partial charge in [-0.2, -0.15) is 0 Å². The highest BCUT2D eigenvalue weighted by atomic mass is 16.5. The van der Waals surface area contributed by atoms with Gasteiger partial charge in [-0.25, -0.2) is 4.79 Å². The molecule has 0 aliphatic heterocycles. The Hall–Kier alpha value is -1.59. The smallest absolute Gasteiger partial charge is 0.407 e. The zero-order valence-electron chi connectivity index (χ0n) is 14.1. The Bertz CT molecular complexity index is 517. The summed E-state index contributed by atoms with van der Waals surface area (Å²) in [6.45, 7) is 1.61. The molecule has 5 heteroatoms. The molecule has 2 unspecified atom stereocenters. The predicted molar refractivity (Wildman–Crippen MR) is 92.5 cm³/mol. The van der Waals surface area contributed by atoms with E-state index in [-0.39, 0.29) is 12.1 Å². The quantitative estimate of drug-likeness (QED) is 0.717. The number of aliphatic hydroxyl groups is 1. The fourth-order valence-corrected chi connectivity index (χ4v) is 3.77. The lowest BCUT2D eigenvalue weighted by Gasteiger charge is -2.37. The predicted octanol–water partition coefficient (Wildman–Crippen LogP) is 2.44. The summed E-state index contributed by atoms with van der Waals surface area (Å²) >= 11 is 0. The van der Waals surface area contributed by atoms with Crippen LogP contribution in [-0.4, -0.2) is 36.4 Å². The number of amides is 1. The summed E-state index contributed by atoms with van der Waals surface area (Å²) in [6.07, 6.45) is 5.19. The van der Waals surface area contributed by atoms with Crippen LogP contribution in [0.2, 0.25) is 0 Å². The van der Waals surface area contributed by atoms with Gasteiger partial charge in [0.25, 0.3) is 0 Å². The van der Waals surface area contributed by atoms with Crippen molar-refractivity contribution in [2.24, 2.45) is 11.8 Å². The molecule has 2 saturated carbocycles. The van der Waals surface area contributed by atoms with Gasteiger partial charge in [-0.15, -0.1) is 0 Å². The standard InChI is InChI=1S/C19H28N2O3/c22-12-16-8-4-7-15(16)11-20-17-9-18(10-17)21-19(23)24-13-14-5-2-1-3-6-14/h1-3,5-6,15-18,20,22H,4,7-13H2,(H,21,23). The molecule has 0 aromatic heterocycles. The summed E-state index contributed by atoms with van der Waals surface area (Å²) in [5, 5.41) is 15.9. The van der Waals surface area contributed by atoms with E-state index < -0.39 is 0 Å². The summed E-state index contributed by atoms with van der Waals surface area (Å²) in [7, 11) is 0. The average molecular weight is 332 g/mol. The van der Waals surface area contributed by atoms with Crippen LogP contribution in [0, 0.1) is 11.8 Å². The Balaban J connectivity index is 1.27. The highest BCUT2D eigenvalue weighted by Crippen LogP contribution is 2.31. The maximum atomic E-state index is 11.8. The topological polar surface area (TPSA) is 70.6 Å². The molecule has 2 fully saturated rings. The Labute approximate surface area is 143 Å². The lowest BCUT2D eigenvalue weighted by Crippen LogP contribution is -2.53. The van der Waals surface area contributed by atoms with Gasteiger partial charge in [0, 0.05) is 18.7 Å². The van der Waals surface area contributed by atoms with Crippen LogP contribution in [0.25, 0.3) is 0 Å². The molecule has 1 amide bonds. The first-order valence-corrected chi connectivity index (χ1v) is 9.06. The van der Waals surface area contributed by atoms with Crippen LogP contribution in [0.3, 0.4) is 0 Å². The van der Waals surface area contributed by atoms with Crippen molar-refractivity contribution in [2.45, 2.75) is 50.8 Å². The van der Waals surface area contributed by atoms with Gasteiger partial charge in [0.1, 0.15) is 6.61 Å². The van der Waals surface area contributed by atoms with Crippen molar-refractivity contribution < 1.29 is 14.6 Å². The van der Waals surface area contributed by atoms with Gasteiger partial charge < -0.3 is 20.5 Å². The summed E-state index contributed by atoms with van der Waals surface area (Å²) < 4.78 is 5.24. The lowest BCUT2D eigenvalue weighted by atomic mass is 9.86. The van der Waals surface area contributed by atoms with E-state index >= 15 is 0 Å². The maximum absolute atomic E-state index is 11.8. The molecule has 1 aromatic rings. The Kier molecular flexibility index (Phi) is 6.10. The third-order valence-electron chi connectivity index (χ3n) is 5.39. The Morgan fingerprint density at radius 2 is 1.88 bits per heavy atom. The first kappa shape index (κ1) is 17.2. The average Bonchev–Trinajstić information content (AvgIpc) is 3.03. The number of nitrogens with one attached hydrogen (secondary N) is 2. The highest BCUT2D eigenvalue weighted by Gasteiger charge is 2.32. The van der Waals surface area contributed by atoms with E-state index in [1.54, 1.807) is 0 Å². The van der Waals surface area contributed by atoms with E-state index in [1.165, 1.54) is 12.8 Å². The van der Waals surface area contributed by atoms with Gasteiger partial charge in [-0.05, 0) is 49.6 Å². The number of carbonyl (C=O) groups excluding carboxylic acids is 1. The second kappa shape index (κ2) is 8.49. The van der Waals surface area contributed by atoms with Crippen LogP contribution in [0.15, 0.2) is 30.3 Å². The van der Waals surface area contributed by atoms with E-state index in [4.69, 9.17) is 4.74 Å². The molecule has 5 nitrogen and oxygen atoms in total. The van der Waals surface area contributed by atoms with Crippen molar-refractivity contribution >= 4 is 6.09 Å². The van der Waals surface area contributed by atoms with E-state index in [2.05, 4.69) is 10.6 Å². The van der Waals surface area contributed by atoms with Gasteiger partial charge in [0.15, 0.2) is 0 Å². The SMILES string of the molecule is O=C(NC1CC(NCC2CCCC2CO)C1)OCc1ccccc1. The van der Waals surface area contributed by atoms with Crippen LogP contribution < -0.4 is 10.6 Å². The summed E-state index contributed by atoms with van der Waals surface area (Å²) in [4.78, 5) is 11.8. The number of ether oxygens (including phenoxy) is 1. The molecular formula is C19H28N2O3. The number of carbonyl (C=O) groups is 1. The monoisotopic (exact) mass is 332 g/mol. The molecule has 2 aliphatic rings. The van der Waals surface area contributed by atoms with Crippen LogP contribution in [0.5, 0.6) is 0 Å². The van der Waals surface area contributed by atoms with Crippen molar-refractivity contribution in [3.05, 3.63) is 35.9 Å². The van der Waals surface area contributed by atoms with Crippen molar-refractivity contribution in [2.75, 3.05) is 13.2 Å². The Morgan fingerprint density at radius 3 is 2.62 bits per heavy atom. The number of benzene rings is 1. The minimum Gasteiger partial charge on any atom is -0.445 e. The van der Waals surface area contributed by atoms with Gasteiger partial charge in [0.05, 0.1) is 0 Å². The molecule has 2 aliphatic carbocycles. The lowest BCUT2D eigenvalue weighted by molar-refractivity contribution is 0.124. The molecular weight excluding hydrogens is 304 g/mol. The molecule has 0 saturated heterocycles. The van der Waals surface area contributed by atoms with E-state index in [0.717, 1.165) is 31.4 Å². The number of alkyl carbamates (subject to hydrolysis) is 1. The normalized spacial score (nSPS) is 29.0. The molecule has 0 bridgehead atoms. The van der Waals surface area contributed by atoms with Crippen LogP contribution in [0.1, 0.15) is 37.7 Å². The second-order valence-corrected chi connectivity index (χ2v) is 7.11. The van der Waals surface area contributed by atoms with Gasteiger partial charge in [-0.3, -0.25) is 0 Å². The zero-order valence-corrected chi connectivity index (χ0v) is 14.1. The molecule has 132 valence electrons. The molecule has 0 heterocycles. The number of hydrogen-bond acceptors (Lipinski definition) is 4. The summed E-state index contributed by atoms with van der Waals surface area (Å²) in [5.74, 6) is 1.08. The zero-order chi connectivity index (χ0) is 16.8. The molecule has 24 heavy (non-hydrogen) atoms. The molecule has 1 aromatic carbocycles. The first-order chi connectivity index (χ1) is 11.7. The molecule has 3 rings (SSSR count). The van der Waals surface area contributed by atoms with Gasteiger partial charge in [0.2, 0.25) is 0 Å². The summed E-state index contributed by atoms with van der Waals surface area (Å²) in [5.41, 5.74) is 0.996. The van der Waals surface area contributed by atoms with Crippen LogP contribution in [0.4, 0.5) is 4.79 Å². The van der Waals surface area contributed by atoms with Crippen molar-refractivity contribution in [1.29, 1.82) is 0 Å². The maximum Gasteiger partial charge on any atom is 0.407 e. The molecule has 0 radical (unpaired) electrons. The third kappa shape index (κ3) is 4.71. The number of hydrogen-bond donors (Lipinski definition) is 3.